The van der Waals surface area contributed by atoms with Crippen molar-refractivity contribution in [1.82, 2.24) is 14.3 Å². The number of hydrogen-bond donors (Lipinski definition) is 2. The molecular formula is C9H21N3O2S. The lowest BCUT2D eigenvalue weighted by Crippen LogP contribution is -2.40. The molecule has 0 saturated carbocycles. The third-order valence-corrected chi connectivity index (χ3v) is 4.20. The van der Waals surface area contributed by atoms with Crippen LogP contribution >= 0.6 is 0 Å². The van der Waals surface area contributed by atoms with Crippen LogP contribution < -0.4 is 10.0 Å². The summed E-state index contributed by atoms with van der Waals surface area (Å²) in [5.74, 6) is 0. The Morgan fingerprint density at radius 3 is 2.67 bits per heavy atom. The third-order valence-electron chi connectivity index (χ3n) is 2.67. The van der Waals surface area contributed by atoms with Gasteiger partial charge in [-0.25, -0.2) is 4.72 Å². The van der Waals surface area contributed by atoms with Crippen molar-refractivity contribution in [3.8, 4) is 0 Å². The molecule has 0 unspecified atom stereocenters. The van der Waals surface area contributed by atoms with E-state index < -0.39 is 10.2 Å². The average molecular weight is 235 g/mol. The maximum atomic E-state index is 11.4. The molecule has 1 aliphatic heterocycles. The van der Waals surface area contributed by atoms with E-state index >= 15 is 0 Å². The van der Waals surface area contributed by atoms with Crippen LogP contribution in [0.4, 0.5) is 0 Å². The van der Waals surface area contributed by atoms with Gasteiger partial charge in [0.15, 0.2) is 0 Å². The lowest BCUT2D eigenvalue weighted by Gasteiger charge is -2.23. The molecule has 0 aromatic carbocycles. The Bertz CT molecular complexity index is 271. The molecule has 1 heterocycles. The number of nitrogens with zero attached hydrogens (tertiary/aromatic N) is 1. The number of rotatable bonds is 5. The molecule has 0 aromatic heterocycles. The SMILES string of the molecule is CN(C)S(=O)(=O)NCC[C@@H]1CCCCN1. The van der Waals surface area contributed by atoms with Crippen LogP contribution in [0, 0.1) is 0 Å². The Morgan fingerprint density at radius 1 is 1.40 bits per heavy atom. The standard InChI is InChI=1S/C9H21N3O2S/c1-12(2)15(13,14)11-8-6-9-5-3-4-7-10-9/h9-11H,3-8H2,1-2H3/t9-/m0/s1. The Kier molecular flexibility index (Phi) is 4.98. The second kappa shape index (κ2) is 5.79. The predicted molar refractivity (Wildman–Crippen MR) is 60.9 cm³/mol. The van der Waals surface area contributed by atoms with Crippen molar-refractivity contribution in [2.45, 2.75) is 31.7 Å². The first-order chi connectivity index (χ1) is 7.02. The summed E-state index contributed by atoms with van der Waals surface area (Å²) in [6, 6.07) is 0.476. The Labute approximate surface area is 92.4 Å². The zero-order valence-electron chi connectivity index (χ0n) is 9.49. The normalized spacial score (nSPS) is 23.3. The topological polar surface area (TPSA) is 61.4 Å². The molecule has 0 amide bonds. The van der Waals surface area contributed by atoms with Gasteiger partial charge in [0, 0.05) is 26.7 Å². The molecule has 2 N–H and O–H groups in total. The van der Waals surface area contributed by atoms with Crippen LogP contribution in [0.1, 0.15) is 25.7 Å². The van der Waals surface area contributed by atoms with Crippen molar-refractivity contribution in [3.05, 3.63) is 0 Å². The minimum absolute atomic E-state index is 0.476. The lowest BCUT2D eigenvalue weighted by atomic mass is 10.0. The molecule has 0 bridgehead atoms. The van der Waals surface area contributed by atoms with Gasteiger partial charge in [0.2, 0.25) is 0 Å². The summed E-state index contributed by atoms with van der Waals surface area (Å²) >= 11 is 0. The van der Waals surface area contributed by atoms with Crippen LogP contribution in [-0.4, -0.2) is 45.9 Å². The van der Waals surface area contributed by atoms with E-state index in [0.29, 0.717) is 12.6 Å². The Hall–Kier alpha value is -0.170. The highest BCUT2D eigenvalue weighted by Crippen LogP contribution is 2.09. The van der Waals surface area contributed by atoms with Crippen LogP contribution in [0.5, 0.6) is 0 Å². The van der Waals surface area contributed by atoms with Gasteiger partial charge in [-0.1, -0.05) is 6.42 Å². The van der Waals surface area contributed by atoms with Gasteiger partial charge in [-0.3, -0.25) is 0 Å². The van der Waals surface area contributed by atoms with E-state index in [-0.39, 0.29) is 0 Å². The summed E-state index contributed by atoms with van der Waals surface area (Å²) in [4.78, 5) is 0. The van der Waals surface area contributed by atoms with Gasteiger partial charge in [0.05, 0.1) is 0 Å². The monoisotopic (exact) mass is 235 g/mol. The van der Waals surface area contributed by atoms with E-state index in [1.165, 1.54) is 31.2 Å². The van der Waals surface area contributed by atoms with Crippen LogP contribution in [0.2, 0.25) is 0 Å². The molecule has 1 atom stereocenters. The van der Waals surface area contributed by atoms with Crippen molar-refractivity contribution < 1.29 is 8.42 Å². The first kappa shape index (κ1) is 12.9. The minimum Gasteiger partial charge on any atom is -0.314 e. The summed E-state index contributed by atoms with van der Waals surface area (Å²) in [7, 11) is -0.186. The minimum atomic E-state index is -3.24. The number of piperidine rings is 1. The molecule has 1 aliphatic rings. The van der Waals surface area contributed by atoms with Crippen LogP contribution in [0.15, 0.2) is 0 Å². The first-order valence-corrected chi connectivity index (χ1v) is 6.87. The maximum absolute atomic E-state index is 11.4. The van der Waals surface area contributed by atoms with Crippen LogP contribution in [0.3, 0.4) is 0 Å². The average Bonchev–Trinajstić information content (AvgIpc) is 2.19. The maximum Gasteiger partial charge on any atom is 0.278 e. The highest BCUT2D eigenvalue weighted by atomic mass is 32.2. The lowest BCUT2D eigenvalue weighted by molar-refractivity contribution is 0.381. The zero-order valence-corrected chi connectivity index (χ0v) is 10.3. The highest BCUT2D eigenvalue weighted by Gasteiger charge is 2.15. The highest BCUT2D eigenvalue weighted by molar-refractivity contribution is 7.87. The second-order valence-corrected chi connectivity index (χ2v) is 6.09. The summed E-state index contributed by atoms with van der Waals surface area (Å²) in [6.45, 7) is 1.57. The van der Waals surface area contributed by atoms with Crippen molar-refractivity contribution in [2.24, 2.45) is 0 Å². The molecule has 1 saturated heterocycles. The smallest absolute Gasteiger partial charge is 0.278 e. The van der Waals surface area contributed by atoms with Crippen molar-refractivity contribution >= 4 is 10.2 Å². The molecule has 0 aliphatic carbocycles. The van der Waals surface area contributed by atoms with E-state index in [1.807, 2.05) is 0 Å². The molecule has 15 heavy (non-hydrogen) atoms. The quantitative estimate of drug-likeness (QED) is 0.700. The predicted octanol–water partition coefficient (Wildman–Crippen LogP) is -0.0854. The van der Waals surface area contributed by atoms with Gasteiger partial charge in [-0.2, -0.15) is 12.7 Å². The second-order valence-electron chi connectivity index (χ2n) is 4.12. The zero-order chi connectivity index (χ0) is 11.3. The molecule has 1 rings (SSSR count). The van der Waals surface area contributed by atoms with E-state index in [2.05, 4.69) is 10.0 Å². The summed E-state index contributed by atoms with van der Waals surface area (Å²) < 4.78 is 26.5. The fourth-order valence-electron chi connectivity index (χ4n) is 1.66. The molecular weight excluding hydrogens is 214 g/mol. The van der Waals surface area contributed by atoms with E-state index in [4.69, 9.17) is 0 Å². The fraction of sp³-hybridized carbons (Fsp3) is 1.00. The molecule has 0 radical (unpaired) electrons. The van der Waals surface area contributed by atoms with E-state index in [0.717, 1.165) is 19.4 Å². The summed E-state index contributed by atoms with van der Waals surface area (Å²) in [6.07, 6.45) is 4.51. The third kappa shape index (κ3) is 4.46. The van der Waals surface area contributed by atoms with Gasteiger partial charge in [-0.05, 0) is 25.8 Å². The van der Waals surface area contributed by atoms with Crippen LogP contribution in [-0.2, 0) is 10.2 Å². The fourth-order valence-corrected chi connectivity index (χ4v) is 2.30. The largest absolute Gasteiger partial charge is 0.314 e. The van der Waals surface area contributed by atoms with E-state index in [1.54, 1.807) is 0 Å². The molecule has 90 valence electrons. The van der Waals surface area contributed by atoms with Gasteiger partial charge in [0.25, 0.3) is 10.2 Å². The van der Waals surface area contributed by atoms with Crippen molar-refractivity contribution in [3.63, 3.8) is 0 Å². The molecule has 1 fully saturated rings. The van der Waals surface area contributed by atoms with Crippen molar-refractivity contribution in [2.75, 3.05) is 27.2 Å². The molecule has 5 nitrogen and oxygen atoms in total. The van der Waals surface area contributed by atoms with Crippen LogP contribution in [0.25, 0.3) is 0 Å². The molecule has 0 spiro atoms. The number of nitrogens with one attached hydrogen (secondary N) is 2. The number of hydrogen-bond acceptors (Lipinski definition) is 3. The van der Waals surface area contributed by atoms with Crippen molar-refractivity contribution in [1.29, 1.82) is 0 Å². The Morgan fingerprint density at radius 2 is 2.13 bits per heavy atom. The van der Waals surface area contributed by atoms with Gasteiger partial charge in [-0.15, -0.1) is 0 Å². The summed E-state index contributed by atoms with van der Waals surface area (Å²) in [5, 5.41) is 3.39. The van der Waals surface area contributed by atoms with Gasteiger partial charge >= 0.3 is 0 Å². The first-order valence-electron chi connectivity index (χ1n) is 5.43. The summed E-state index contributed by atoms with van der Waals surface area (Å²) in [5.41, 5.74) is 0. The van der Waals surface area contributed by atoms with E-state index in [9.17, 15) is 8.42 Å². The van der Waals surface area contributed by atoms with Gasteiger partial charge in [0.1, 0.15) is 0 Å². The van der Waals surface area contributed by atoms with Gasteiger partial charge < -0.3 is 5.32 Å². The molecule has 0 aromatic rings. The Balaban J connectivity index is 2.20. The molecule has 6 heteroatoms.